The Morgan fingerprint density at radius 2 is 2.11 bits per heavy atom. The molecule has 18 heavy (non-hydrogen) atoms. The molecule has 0 fully saturated rings. The summed E-state index contributed by atoms with van der Waals surface area (Å²) in [5.41, 5.74) is 8.95. The highest BCUT2D eigenvalue weighted by atomic mass is 16.7. The van der Waals surface area contributed by atoms with Crippen molar-refractivity contribution < 1.29 is 9.47 Å². The molecule has 1 aliphatic rings. The maximum atomic E-state index is 5.90. The highest BCUT2D eigenvalue weighted by Crippen LogP contribution is 2.45. The van der Waals surface area contributed by atoms with Crippen LogP contribution < -0.4 is 15.2 Å². The molecule has 0 bridgehead atoms. The van der Waals surface area contributed by atoms with Crippen LogP contribution in [0, 0.1) is 0 Å². The highest BCUT2D eigenvalue weighted by molar-refractivity contribution is 5.79. The van der Waals surface area contributed by atoms with E-state index in [1.165, 1.54) is 0 Å². The Morgan fingerprint density at radius 1 is 1.28 bits per heavy atom. The molecule has 0 aliphatic carbocycles. The van der Waals surface area contributed by atoms with Gasteiger partial charge in [0.1, 0.15) is 5.82 Å². The summed E-state index contributed by atoms with van der Waals surface area (Å²) in [7, 11) is 0. The molecule has 0 radical (unpaired) electrons. The summed E-state index contributed by atoms with van der Waals surface area (Å²) >= 11 is 0. The lowest BCUT2D eigenvalue weighted by atomic mass is 9.92. The second kappa shape index (κ2) is 3.94. The Hall–Kier alpha value is -2.17. The molecular formula is C13H15N3O2. The van der Waals surface area contributed by atoms with Crippen molar-refractivity contribution in [1.29, 1.82) is 0 Å². The van der Waals surface area contributed by atoms with Gasteiger partial charge in [0.15, 0.2) is 11.5 Å². The lowest BCUT2D eigenvalue weighted by Crippen LogP contribution is -1.98. The molecule has 3 rings (SSSR count). The number of hydrogen-bond donors (Lipinski definition) is 2. The summed E-state index contributed by atoms with van der Waals surface area (Å²) in [5.74, 6) is 2.49. The van der Waals surface area contributed by atoms with Gasteiger partial charge in [0, 0.05) is 11.1 Å². The lowest BCUT2D eigenvalue weighted by molar-refractivity contribution is 0.173. The second-order valence-electron chi connectivity index (χ2n) is 4.61. The number of nitrogen functional groups attached to an aromatic ring is 1. The van der Waals surface area contributed by atoms with Crippen LogP contribution in [0.5, 0.6) is 11.5 Å². The average Bonchev–Trinajstić information content (AvgIpc) is 2.95. The van der Waals surface area contributed by atoms with Gasteiger partial charge < -0.3 is 15.2 Å². The summed E-state index contributed by atoms with van der Waals surface area (Å²) in [6.07, 6.45) is 1.73. The van der Waals surface area contributed by atoms with Crippen LogP contribution in [0.4, 0.5) is 5.82 Å². The molecular weight excluding hydrogens is 230 g/mol. The number of aromatic nitrogens is 2. The van der Waals surface area contributed by atoms with Crippen LogP contribution in [0.1, 0.15) is 25.3 Å². The van der Waals surface area contributed by atoms with Gasteiger partial charge in [-0.2, -0.15) is 5.10 Å². The fourth-order valence-electron chi connectivity index (χ4n) is 2.31. The molecule has 2 heterocycles. The number of rotatable bonds is 2. The van der Waals surface area contributed by atoms with Crippen molar-refractivity contribution in [1.82, 2.24) is 10.2 Å². The minimum Gasteiger partial charge on any atom is -0.454 e. The number of anilines is 1. The summed E-state index contributed by atoms with van der Waals surface area (Å²) in [6, 6.07) is 3.92. The average molecular weight is 245 g/mol. The molecule has 3 N–H and O–H groups in total. The van der Waals surface area contributed by atoms with Gasteiger partial charge in [-0.25, -0.2) is 0 Å². The first-order valence-corrected chi connectivity index (χ1v) is 5.90. The van der Waals surface area contributed by atoms with Crippen molar-refractivity contribution in [3.05, 3.63) is 23.9 Å². The fraction of sp³-hybridized carbons (Fsp3) is 0.308. The van der Waals surface area contributed by atoms with E-state index in [2.05, 4.69) is 24.0 Å². The highest BCUT2D eigenvalue weighted by Gasteiger charge is 2.24. The molecule has 0 saturated heterocycles. The molecule has 94 valence electrons. The second-order valence-corrected chi connectivity index (χ2v) is 4.61. The molecule has 2 aromatic rings. The van der Waals surface area contributed by atoms with Gasteiger partial charge in [-0.1, -0.05) is 13.8 Å². The Balaban J connectivity index is 2.24. The standard InChI is InChI=1S/C13H15N3O2/c1-7(2)11-8(9-5-15-16-13(9)14)3-4-10-12(11)18-6-17-10/h3-5,7H,6H2,1-2H3,(H3,14,15,16). The monoisotopic (exact) mass is 245 g/mol. The van der Waals surface area contributed by atoms with Crippen molar-refractivity contribution in [2.24, 2.45) is 0 Å². The summed E-state index contributed by atoms with van der Waals surface area (Å²) in [6.45, 7) is 4.52. The SMILES string of the molecule is CC(C)c1c(-c2cn[nH]c2N)ccc2c1OCO2. The Morgan fingerprint density at radius 3 is 2.78 bits per heavy atom. The van der Waals surface area contributed by atoms with Crippen LogP contribution in [0.25, 0.3) is 11.1 Å². The number of H-pyrrole nitrogens is 1. The zero-order valence-corrected chi connectivity index (χ0v) is 10.4. The first-order valence-electron chi connectivity index (χ1n) is 5.90. The summed E-state index contributed by atoms with van der Waals surface area (Å²) < 4.78 is 11.0. The van der Waals surface area contributed by atoms with Gasteiger partial charge in [-0.3, -0.25) is 5.10 Å². The van der Waals surface area contributed by atoms with Crippen molar-refractivity contribution in [3.63, 3.8) is 0 Å². The molecule has 5 heteroatoms. The third-order valence-electron chi connectivity index (χ3n) is 3.11. The van der Waals surface area contributed by atoms with Gasteiger partial charge >= 0.3 is 0 Å². The maximum Gasteiger partial charge on any atom is 0.231 e. The molecule has 0 saturated carbocycles. The number of ether oxygens (including phenoxy) is 2. The zero-order valence-electron chi connectivity index (χ0n) is 10.4. The number of benzene rings is 1. The Kier molecular flexibility index (Phi) is 2.40. The maximum absolute atomic E-state index is 5.90. The third-order valence-corrected chi connectivity index (χ3v) is 3.11. The number of nitrogens with zero attached hydrogens (tertiary/aromatic N) is 1. The van der Waals surface area contributed by atoms with E-state index in [0.717, 1.165) is 28.2 Å². The molecule has 0 amide bonds. The lowest BCUT2D eigenvalue weighted by Gasteiger charge is -2.14. The number of aromatic amines is 1. The minimum atomic E-state index is 0.277. The van der Waals surface area contributed by atoms with E-state index in [1.807, 2.05) is 12.1 Å². The minimum absolute atomic E-state index is 0.277. The van der Waals surface area contributed by atoms with Gasteiger partial charge in [-0.05, 0) is 23.6 Å². The smallest absolute Gasteiger partial charge is 0.231 e. The first kappa shape index (κ1) is 11.0. The van der Waals surface area contributed by atoms with E-state index in [-0.39, 0.29) is 6.79 Å². The van der Waals surface area contributed by atoms with Gasteiger partial charge in [0.05, 0.1) is 6.20 Å². The van der Waals surface area contributed by atoms with Crippen molar-refractivity contribution >= 4 is 5.82 Å². The van der Waals surface area contributed by atoms with Crippen LogP contribution in [0.2, 0.25) is 0 Å². The van der Waals surface area contributed by atoms with Crippen molar-refractivity contribution in [2.75, 3.05) is 12.5 Å². The van der Waals surface area contributed by atoms with Gasteiger partial charge in [0.2, 0.25) is 6.79 Å². The molecule has 1 aliphatic heterocycles. The predicted octanol–water partition coefficient (Wildman–Crippen LogP) is 2.51. The van der Waals surface area contributed by atoms with Crippen LogP contribution in [-0.2, 0) is 0 Å². The van der Waals surface area contributed by atoms with E-state index < -0.39 is 0 Å². The molecule has 0 atom stereocenters. The van der Waals surface area contributed by atoms with E-state index in [1.54, 1.807) is 6.20 Å². The molecule has 1 aromatic heterocycles. The van der Waals surface area contributed by atoms with Gasteiger partial charge in [-0.15, -0.1) is 0 Å². The topological polar surface area (TPSA) is 73.2 Å². The van der Waals surface area contributed by atoms with Crippen molar-refractivity contribution in [2.45, 2.75) is 19.8 Å². The number of hydrogen-bond acceptors (Lipinski definition) is 4. The van der Waals surface area contributed by atoms with Crippen LogP contribution in [-0.4, -0.2) is 17.0 Å². The third kappa shape index (κ3) is 1.51. The van der Waals surface area contributed by atoms with E-state index >= 15 is 0 Å². The predicted molar refractivity (Wildman–Crippen MR) is 68.6 cm³/mol. The molecule has 0 unspecified atom stereocenters. The molecule has 1 aromatic carbocycles. The van der Waals surface area contributed by atoms with E-state index in [9.17, 15) is 0 Å². The van der Waals surface area contributed by atoms with Crippen LogP contribution in [0.15, 0.2) is 18.3 Å². The fourth-order valence-corrected chi connectivity index (χ4v) is 2.31. The quantitative estimate of drug-likeness (QED) is 0.852. The summed E-state index contributed by atoms with van der Waals surface area (Å²) in [5, 5.41) is 6.73. The number of nitrogens with one attached hydrogen (secondary N) is 1. The van der Waals surface area contributed by atoms with Crippen molar-refractivity contribution in [3.8, 4) is 22.6 Å². The largest absolute Gasteiger partial charge is 0.454 e. The molecule has 0 spiro atoms. The zero-order chi connectivity index (χ0) is 12.7. The van der Waals surface area contributed by atoms with Gasteiger partial charge in [0.25, 0.3) is 0 Å². The number of nitrogens with two attached hydrogens (primary N) is 1. The van der Waals surface area contributed by atoms with E-state index in [0.29, 0.717) is 11.7 Å². The normalized spacial score (nSPS) is 13.3. The number of fused-ring (bicyclic) bond motifs is 1. The Labute approximate surface area is 105 Å². The first-order chi connectivity index (χ1) is 8.68. The van der Waals surface area contributed by atoms with E-state index in [4.69, 9.17) is 15.2 Å². The molecule has 5 nitrogen and oxygen atoms in total. The van der Waals surface area contributed by atoms with Crippen LogP contribution in [0.3, 0.4) is 0 Å². The van der Waals surface area contributed by atoms with Crippen LogP contribution >= 0.6 is 0 Å². The summed E-state index contributed by atoms with van der Waals surface area (Å²) in [4.78, 5) is 0. The Bertz CT molecular complexity index is 590.